The Morgan fingerprint density at radius 3 is 3.05 bits per heavy atom. The number of nitriles is 1. The molecule has 0 fully saturated rings. The van der Waals surface area contributed by atoms with Crippen LogP contribution in [0.3, 0.4) is 0 Å². The van der Waals surface area contributed by atoms with Crippen LogP contribution in [-0.4, -0.2) is 22.5 Å². The summed E-state index contributed by atoms with van der Waals surface area (Å²) in [5, 5.41) is 10.8. The van der Waals surface area contributed by atoms with E-state index in [4.69, 9.17) is 10.00 Å². The van der Waals surface area contributed by atoms with E-state index in [9.17, 15) is 4.79 Å². The largest absolute Gasteiger partial charge is 0.462 e. The molecule has 0 saturated carbocycles. The summed E-state index contributed by atoms with van der Waals surface area (Å²) in [6.45, 7) is 1.97. The topological polar surface area (TPSA) is 90.8 Å². The van der Waals surface area contributed by atoms with E-state index in [1.807, 2.05) is 24.3 Å². The standard InChI is InChI=1S/C13H12N4O2/c1-2-19-13(18)9(7-15-8-14)12-16-10-5-3-4-6-11(10)17-12/h3-7,15H,2H2,1H3,(H,16,17)/b9-7+. The minimum absolute atomic E-state index is 0.180. The van der Waals surface area contributed by atoms with Crippen LogP contribution in [0.5, 0.6) is 0 Å². The lowest BCUT2D eigenvalue weighted by Gasteiger charge is -2.03. The molecule has 1 aromatic carbocycles. The van der Waals surface area contributed by atoms with Crippen molar-refractivity contribution in [1.29, 1.82) is 5.26 Å². The van der Waals surface area contributed by atoms with Gasteiger partial charge >= 0.3 is 5.97 Å². The Kier molecular flexibility index (Phi) is 3.78. The zero-order valence-electron chi connectivity index (χ0n) is 10.3. The molecule has 0 atom stereocenters. The fourth-order valence-corrected chi connectivity index (χ4v) is 1.62. The van der Waals surface area contributed by atoms with Crippen LogP contribution in [0.2, 0.25) is 0 Å². The summed E-state index contributed by atoms with van der Waals surface area (Å²) >= 11 is 0. The first kappa shape index (κ1) is 12.6. The number of hydrogen-bond acceptors (Lipinski definition) is 5. The van der Waals surface area contributed by atoms with Crippen LogP contribution in [0, 0.1) is 11.5 Å². The molecule has 0 spiro atoms. The number of nitrogens with zero attached hydrogens (tertiary/aromatic N) is 2. The quantitative estimate of drug-likeness (QED) is 0.375. The van der Waals surface area contributed by atoms with Gasteiger partial charge in [0, 0.05) is 6.20 Å². The van der Waals surface area contributed by atoms with Gasteiger partial charge in [0.1, 0.15) is 11.4 Å². The molecular formula is C13H12N4O2. The van der Waals surface area contributed by atoms with Crippen LogP contribution >= 0.6 is 0 Å². The molecular weight excluding hydrogens is 244 g/mol. The molecule has 0 radical (unpaired) electrons. The van der Waals surface area contributed by atoms with E-state index in [2.05, 4.69) is 15.3 Å². The van der Waals surface area contributed by atoms with Gasteiger partial charge in [-0.3, -0.25) is 5.32 Å². The van der Waals surface area contributed by atoms with E-state index in [-0.39, 0.29) is 12.2 Å². The molecule has 2 aromatic rings. The summed E-state index contributed by atoms with van der Waals surface area (Å²) < 4.78 is 4.93. The normalized spacial score (nSPS) is 11.1. The number of nitrogens with one attached hydrogen (secondary N) is 2. The Hall–Kier alpha value is -2.81. The average Bonchev–Trinajstić information content (AvgIpc) is 2.83. The Labute approximate surface area is 109 Å². The number of carbonyl (C=O) groups is 1. The van der Waals surface area contributed by atoms with Crippen molar-refractivity contribution in [3.8, 4) is 6.19 Å². The second kappa shape index (κ2) is 5.69. The molecule has 1 heterocycles. The number of imidazole rings is 1. The van der Waals surface area contributed by atoms with Crippen molar-refractivity contribution in [2.75, 3.05) is 6.61 Å². The average molecular weight is 256 g/mol. The van der Waals surface area contributed by atoms with Gasteiger partial charge < -0.3 is 9.72 Å². The maximum atomic E-state index is 11.8. The molecule has 96 valence electrons. The molecule has 19 heavy (non-hydrogen) atoms. The molecule has 0 unspecified atom stereocenters. The van der Waals surface area contributed by atoms with Crippen LogP contribution in [0.4, 0.5) is 0 Å². The van der Waals surface area contributed by atoms with E-state index >= 15 is 0 Å². The van der Waals surface area contributed by atoms with E-state index in [0.29, 0.717) is 5.82 Å². The van der Waals surface area contributed by atoms with Gasteiger partial charge in [0.15, 0.2) is 6.19 Å². The first-order chi connectivity index (χ1) is 9.26. The number of benzene rings is 1. The van der Waals surface area contributed by atoms with Crippen molar-refractivity contribution in [1.82, 2.24) is 15.3 Å². The Balaban J connectivity index is 2.43. The number of fused-ring (bicyclic) bond motifs is 1. The molecule has 0 aliphatic heterocycles. The van der Waals surface area contributed by atoms with Gasteiger partial charge in [-0.15, -0.1) is 0 Å². The first-order valence-corrected chi connectivity index (χ1v) is 5.73. The summed E-state index contributed by atoms with van der Waals surface area (Å²) in [5.41, 5.74) is 1.73. The highest BCUT2D eigenvalue weighted by atomic mass is 16.5. The third-order valence-electron chi connectivity index (χ3n) is 2.42. The fraction of sp³-hybridized carbons (Fsp3) is 0.154. The van der Waals surface area contributed by atoms with Gasteiger partial charge in [-0.2, -0.15) is 5.26 Å². The zero-order valence-corrected chi connectivity index (χ0v) is 10.3. The fourth-order valence-electron chi connectivity index (χ4n) is 1.62. The molecule has 2 rings (SSSR count). The minimum atomic E-state index is -0.538. The summed E-state index contributed by atoms with van der Waals surface area (Å²) in [5.74, 6) is -0.174. The highest BCUT2D eigenvalue weighted by Gasteiger charge is 2.17. The van der Waals surface area contributed by atoms with E-state index in [1.54, 1.807) is 13.1 Å². The van der Waals surface area contributed by atoms with Crippen molar-refractivity contribution in [2.45, 2.75) is 6.92 Å². The van der Waals surface area contributed by atoms with Gasteiger partial charge in [-0.25, -0.2) is 9.78 Å². The van der Waals surface area contributed by atoms with Gasteiger partial charge in [0.25, 0.3) is 0 Å². The van der Waals surface area contributed by atoms with Crippen LogP contribution in [0.15, 0.2) is 30.5 Å². The molecule has 0 amide bonds. The lowest BCUT2D eigenvalue weighted by Crippen LogP contribution is -2.10. The predicted molar refractivity (Wildman–Crippen MR) is 69.5 cm³/mol. The number of rotatable bonds is 4. The highest BCUT2D eigenvalue weighted by molar-refractivity contribution is 6.15. The number of aromatic amines is 1. The smallest absolute Gasteiger partial charge is 0.343 e. The Morgan fingerprint density at radius 1 is 1.58 bits per heavy atom. The van der Waals surface area contributed by atoms with Crippen LogP contribution in [-0.2, 0) is 9.53 Å². The second-order valence-electron chi connectivity index (χ2n) is 3.64. The lowest BCUT2D eigenvalue weighted by atomic mass is 10.3. The van der Waals surface area contributed by atoms with Gasteiger partial charge in [-0.05, 0) is 19.1 Å². The second-order valence-corrected chi connectivity index (χ2v) is 3.64. The van der Waals surface area contributed by atoms with Crippen LogP contribution < -0.4 is 5.32 Å². The maximum absolute atomic E-state index is 11.8. The predicted octanol–water partition coefficient (Wildman–Crippen LogP) is 1.54. The van der Waals surface area contributed by atoms with Crippen molar-refractivity contribution in [3.05, 3.63) is 36.3 Å². The molecule has 6 heteroatoms. The van der Waals surface area contributed by atoms with Gasteiger partial charge in [0.2, 0.25) is 0 Å². The number of H-pyrrole nitrogens is 1. The lowest BCUT2D eigenvalue weighted by molar-refractivity contribution is -0.136. The number of carbonyl (C=O) groups excluding carboxylic acids is 1. The molecule has 0 saturated heterocycles. The van der Waals surface area contributed by atoms with Crippen LogP contribution in [0.25, 0.3) is 16.6 Å². The number of para-hydroxylation sites is 2. The monoisotopic (exact) mass is 256 g/mol. The van der Waals surface area contributed by atoms with Crippen molar-refractivity contribution in [2.24, 2.45) is 0 Å². The number of ether oxygens (including phenoxy) is 1. The number of esters is 1. The van der Waals surface area contributed by atoms with Crippen LogP contribution in [0.1, 0.15) is 12.7 Å². The molecule has 0 bridgehead atoms. The minimum Gasteiger partial charge on any atom is -0.462 e. The molecule has 0 aliphatic rings. The SMILES string of the molecule is CCOC(=O)/C(=C/NC#N)c1nc2ccccc2[nH]1. The molecule has 1 aromatic heterocycles. The maximum Gasteiger partial charge on any atom is 0.343 e. The molecule has 6 nitrogen and oxygen atoms in total. The van der Waals surface area contributed by atoms with Crippen molar-refractivity contribution in [3.63, 3.8) is 0 Å². The molecule has 0 aliphatic carbocycles. The molecule has 2 N–H and O–H groups in total. The van der Waals surface area contributed by atoms with Gasteiger partial charge in [0.05, 0.1) is 17.6 Å². The highest BCUT2D eigenvalue weighted by Crippen LogP contribution is 2.17. The summed E-state index contributed by atoms with van der Waals surface area (Å²) in [6.07, 6.45) is 3.00. The van der Waals surface area contributed by atoms with Gasteiger partial charge in [-0.1, -0.05) is 12.1 Å². The Morgan fingerprint density at radius 2 is 2.37 bits per heavy atom. The van der Waals surface area contributed by atoms with E-state index < -0.39 is 5.97 Å². The van der Waals surface area contributed by atoms with Crippen molar-refractivity contribution < 1.29 is 9.53 Å². The first-order valence-electron chi connectivity index (χ1n) is 5.73. The number of aromatic nitrogens is 2. The zero-order chi connectivity index (χ0) is 13.7. The summed E-state index contributed by atoms with van der Waals surface area (Å²) in [4.78, 5) is 19.1. The van der Waals surface area contributed by atoms with E-state index in [0.717, 1.165) is 11.0 Å². The number of hydrogen-bond donors (Lipinski definition) is 2. The Bertz CT molecular complexity index is 634. The summed E-state index contributed by atoms with van der Waals surface area (Å²) in [7, 11) is 0. The third kappa shape index (κ3) is 2.72. The summed E-state index contributed by atoms with van der Waals surface area (Å²) in [6, 6.07) is 7.40. The van der Waals surface area contributed by atoms with E-state index in [1.165, 1.54) is 6.20 Å². The van der Waals surface area contributed by atoms with Crippen molar-refractivity contribution >= 4 is 22.6 Å². The third-order valence-corrected chi connectivity index (χ3v) is 2.42.